The second kappa shape index (κ2) is 12.3. The van der Waals surface area contributed by atoms with Crippen molar-refractivity contribution in [3.8, 4) is 35.8 Å². The van der Waals surface area contributed by atoms with Crippen LogP contribution in [-0.2, 0) is 6.42 Å². The van der Waals surface area contributed by atoms with Gasteiger partial charge in [0, 0.05) is 23.3 Å². The van der Waals surface area contributed by atoms with E-state index in [1.165, 1.54) is 30.6 Å². The lowest BCUT2D eigenvalue weighted by Gasteiger charge is -2.26. The molecule has 3 aromatic rings. The Labute approximate surface area is 263 Å². The molecule has 0 spiro atoms. The third-order valence-corrected chi connectivity index (χ3v) is 7.67. The highest BCUT2D eigenvalue weighted by atomic mass is 19.4. The standard InChI is InChI=1S/C33H18F6N6O2/c1-17-25-5-4-24(47-33(37,38)39)10-27(25)28(14-43)31(17)30-16-44-29(15-45-30)20-7-19(22(12-41)13-42)6-18-2-3-23(46-32(34,35)36)9-26(18)21(8-20)11-40/h2-5,8-10,15-16,19-20,22H,1,6-7H2/b21-8+. The van der Waals surface area contributed by atoms with Gasteiger partial charge in [-0.1, -0.05) is 24.8 Å². The molecule has 2 unspecified atom stereocenters. The summed E-state index contributed by atoms with van der Waals surface area (Å²) in [6.07, 6.45) is -5.55. The molecular formula is C33H18F6N6O2. The third kappa shape index (κ3) is 6.78. The number of aromatic nitrogens is 2. The lowest BCUT2D eigenvalue weighted by Crippen LogP contribution is -2.21. The van der Waals surface area contributed by atoms with Gasteiger partial charge in [-0.25, -0.2) is 0 Å². The van der Waals surface area contributed by atoms with Gasteiger partial charge in [0.15, 0.2) is 0 Å². The van der Waals surface area contributed by atoms with Crippen LogP contribution in [0.15, 0.2) is 61.4 Å². The van der Waals surface area contributed by atoms with Crippen molar-refractivity contribution < 1.29 is 35.8 Å². The molecule has 234 valence electrons. The van der Waals surface area contributed by atoms with Crippen LogP contribution in [0.5, 0.6) is 11.5 Å². The van der Waals surface area contributed by atoms with Gasteiger partial charge in [-0.05, 0) is 65.3 Å². The number of ether oxygens (including phenoxy) is 2. The average Bonchev–Trinajstić information content (AvgIpc) is 3.28. The van der Waals surface area contributed by atoms with Gasteiger partial charge < -0.3 is 9.47 Å². The molecule has 0 saturated heterocycles. The summed E-state index contributed by atoms with van der Waals surface area (Å²) in [6.45, 7) is 3.98. The number of benzene rings is 2. The first-order chi connectivity index (χ1) is 22.2. The van der Waals surface area contributed by atoms with Crippen LogP contribution in [-0.4, -0.2) is 22.7 Å². The number of alkyl halides is 6. The largest absolute Gasteiger partial charge is 0.573 e. The highest BCUT2D eigenvalue weighted by Gasteiger charge is 2.35. The van der Waals surface area contributed by atoms with Crippen molar-refractivity contribution in [1.29, 1.82) is 21.0 Å². The van der Waals surface area contributed by atoms with Crippen molar-refractivity contribution in [2.75, 3.05) is 0 Å². The fourth-order valence-corrected chi connectivity index (χ4v) is 5.70. The highest BCUT2D eigenvalue weighted by Crippen LogP contribution is 2.46. The topological polar surface area (TPSA) is 139 Å². The predicted octanol–water partition coefficient (Wildman–Crippen LogP) is 7.65. The second-order valence-electron chi connectivity index (χ2n) is 10.5. The molecule has 2 aromatic carbocycles. The van der Waals surface area contributed by atoms with Crippen molar-refractivity contribution in [3.05, 3.63) is 95.1 Å². The molecule has 0 N–H and O–H groups in total. The van der Waals surface area contributed by atoms with Crippen molar-refractivity contribution in [2.45, 2.75) is 31.5 Å². The first-order valence-corrected chi connectivity index (χ1v) is 13.6. The maximum absolute atomic E-state index is 12.9. The number of nitrogens with zero attached hydrogens (tertiary/aromatic N) is 6. The quantitative estimate of drug-likeness (QED) is 0.258. The van der Waals surface area contributed by atoms with Crippen molar-refractivity contribution in [1.82, 2.24) is 9.97 Å². The Balaban J connectivity index is 1.55. The maximum Gasteiger partial charge on any atom is 0.573 e. The zero-order chi connectivity index (χ0) is 34.1. The number of fused-ring (bicyclic) bond motifs is 2. The van der Waals surface area contributed by atoms with Crippen LogP contribution in [0.25, 0.3) is 22.3 Å². The monoisotopic (exact) mass is 644 g/mol. The molecule has 2 aliphatic rings. The molecule has 0 amide bonds. The first-order valence-electron chi connectivity index (χ1n) is 13.6. The van der Waals surface area contributed by atoms with E-state index in [0.29, 0.717) is 16.7 Å². The smallest absolute Gasteiger partial charge is 0.406 e. The Bertz CT molecular complexity index is 1990. The van der Waals surface area contributed by atoms with E-state index in [9.17, 15) is 47.4 Å². The molecule has 0 fully saturated rings. The fourth-order valence-electron chi connectivity index (χ4n) is 5.70. The number of rotatable bonds is 5. The molecule has 47 heavy (non-hydrogen) atoms. The van der Waals surface area contributed by atoms with Crippen molar-refractivity contribution in [2.24, 2.45) is 11.8 Å². The van der Waals surface area contributed by atoms with Crippen LogP contribution in [0, 0.1) is 57.2 Å². The Morgan fingerprint density at radius 3 is 2.00 bits per heavy atom. The van der Waals surface area contributed by atoms with Crippen LogP contribution in [0.4, 0.5) is 26.3 Å². The normalized spacial score (nSPS) is 18.7. The summed E-state index contributed by atoms with van der Waals surface area (Å²) in [4.78, 5) is 8.91. The summed E-state index contributed by atoms with van der Waals surface area (Å²) in [5, 5.41) is 39.3. The van der Waals surface area contributed by atoms with Crippen molar-refractivity contribution >= 4 is 22.3 Å². The zero-order valence-electron chi connectivity index (χ0n) is 23.8. The van der Waals surface area contributed by atoms with E-state index in [4.69, 9.17) is 0 Å². The average molecular weight is 645 g/mol. The van der Waals surface area contributed by atoms with Gasteiger partial charge in [0.1, 0.15) is 23.5 Å². The van der Waals surface area contributed by atoms with E-state index < -0.39 is 42.0 Å². The Morgan fingerprint density at radius 2 is 1.45 bits per heavy atom. The Morgan fingerprint density at radius 1 is 0.809 bits per heavy atom. The summed E-state index contributed by atoms with van der Waals surface area (Å²) in [6, 6.07) is 14.9. The predicted molar refractivity (Wildman–Crippen MR) is 153 cm³/mol. The molecule has 8 nitrogen and oxygen atoms in total. The summed E-state index contributed by atoms with van der Waals surface area (Å²) in [5.41, 5.74) is 2.16. The molecule has 0 aliphatic heterocycles. The lowest BCUT2D eigenvalue weighted by atomic mass is 9.76. The van der Waals surface area contributed by atoms with Crippen LogP contribution >= 0.6 is 0 Å². The molecule has 5 rings (SSSR count). The van der Waals surface area contributed by atoms with Crippen LogP contribution in [0.3, 0.4) is 0 Å². The van der Waals surface area contributed by atoms with E-state index >= 15 is 0 Å². The van der Waals surface area contributed by atoms with Gasteiger partial charge >= 0.3 is 12.7 Å². The molecular weight excluding hydrogens is 626 g/mol. The fraction of sp³-hybridized carbons (Fsp3) is 0.212. The van der Waals surface area contributed by atoms with Gasteiger partial charge in [0.25, 0.3) is 0 Å². The number of hydrogen-bond acceptors (Lipinski definition) is 8. The number of hydrogen-bond donors (Lipinski definition) is 0. The molecule has 0 radical (unpaired) electrons. The first kappa shape index (κ1) is 32.3. The second-order valence-corrected chi connectivity index (χ2v) is 10.5. The Kier molecular flexibility index (Phi) is 8.48. The molecule has 0 bridgehead atoms. The SMILES string of the molecule is C=C1C(c2cnc(C3/C=C(\C#N)c4cc(OC(F)(F)F)ccc4CC(C(C#N)C#N)C3)cn2)=C(C#N)c2cc(OC(F)(F)F)ccc21. The van der Waals surface area contributed by atoms with E-state index in [1.54, 1.807) is 0 Å². The summed E-state index contributed by atoms with van der Waals surface area (Å²) < 4.78 is 85.3. The number of nitriles is 4. The summed E-state index contributed by atoms with van der Waals surface area (Å²) >= 11 is 0. The minimum absolute atomic E-state index is 0.00303. The van der Waals surface area contributed by atoms with E-state index in [1.807, 2.05) is 24.3 Å². The number of allylic oxidation sites excluding steroid dienone is 5. The summed E-state index contributed by atoms with van der Waals surface area (Å²) in [7, 11) is 0. The zero-order valence-corrected chi connectivity index (χ0v) is 23.8. The Hall–Kier alpha value is -6.12. The van der Waals surface area contributed by atoms with Gasteiger partial charge in [0.05, 0.1) is 46.9 Å². The van der Waals surface area contributed by atoms with Gasteiger partial charge in [-0.3, -0.25) is 9.97 Å². The molecule has 1 heterocycles. The van der Waals surface area contributed by atoms with E-state index in [2.05, 4.69) is 26.0 Å². The summed E-state index contributed by atoms with van der Waals surface area (Å²) in [5.74, 6) is -3.52. The van der Waals surface area contributed by atoms with Crippen LogP contribution < -0.4 is 9.47 Å². The molecule has 2 aliphatic carbocycles. The van der Waals surface area contributed by atoms with Crippen LogP contribution in [0.1, 0.15) is 46.0 Å². The molecule has 2 atom stereocenters. The highest BCUT2D eigenvalue weighted by molar-refractivity contribution is 6.23. The minimum Gasteiger partial charge on any atom is -0.406 e. The maximum atomic E-state index is 12.9. The van der Waals surface area contributed by atoms with Gasteiger partial charge in [-0.2, -0.15) is 21.0 Å². The number of halogens is 6. The lowest BCUT2D eigenvalue weighted by molar-refractivity contribution is -0.275. The van der Waals surface area contributed by atoms with Crippen molar-refractivity contribution in [3.63, 3.8) is 0 Å². The van der Waals surface area contributed by atoms with E-state index in [0.717, 1.165) is 24.3 Å². The third-order valence-electron chi connectivity index (χ3n) is 7.67. The minimum atomic E-state index is -4.98. The molecule has 14 heteroatoms. The van der Waals surface area contributed by atoms with Crippen LogP contribution in [0.2, 0.25) is 0 Å². The molecule has 0 saturated carbocycles. The molecule has 1 aromatic heterocycles. The van der Waals surface area contributed by atoms with E-state index in [-0.39, 0.29) is 52.1 Å². The van der Waals surface area contributed by atoms with Gasteiger partial charge in [-0.15, -0.1) is 26.3 Å². The van der Waals surface area contributed by atoms with Gasteiger partial charge in [0.2, 0.25) is 0 Å².